The Morgan fingerprint density at radius 3 is 2.67 bits per heavy atom. The first-order valence-electron chi connectivity index (χ1n) is 3.96. The van der Waals surface area contributed by atoms with Crippen molar-refractivity contribution in [1.82, 2.24) is 0 Å². The highest BCUT2D eigenvalue weighted by molar-refractivity contribution is 7.53. The van der Waals surface area contributed by atoms with Crippen LogP contribution in [0.1, 0.15) is 0 Å². The number of ether oxygens (including phenoxy) is 1. The predicted molar refractivity (Wildman–Crippen MR) is 50.4 cm³/mol. The molecule has 0 aromatic heterocycles. The van der Waals surface area contributed by atoms with Crippen LogP contribution >= 0.6 is 7.60 Å². The molecule has 15 heavy (non-hydrogen) atoms. The highest BCUT2D eigenvalue weighted by Crippen LogP contribution is 2.42. The molecule has 0 aliphatic carbocycles. The van der Waals surface area contributed by atoms with Crippen LogP contribution in [0, 0.1) is 0 Å². The van der Waals surface area contributed by atoms with Crippen molar-refractivity contribution < 1.29 is 33.7 Å². The smallest absolute Gasteiger partial charge is 0.341 e. The molecule has 0 heterocycles. The molecule has 8 heteroatoms. The number of carboxylic acids is 1. The van der Waals surface area contributed by atoms with Gasteiger partial charge in [0.2, 0.25) is 0 Å². The molecular formula is C7H13O7P. The van der Waals surface area contributed by atoms with E-state index in [1.165, 1.54) is 6.08 Å². The van der Waals surface area contributed by atoms with E-state index in [4.69, 9.17) is 19.8 Å². The van der Waals surface area contributed by atoms with E-state index in [0.29, 0.717) is 0 Å². The molecule has 88 valence electrons. The molecule has 0 fully saturated rings. The quantitative estimate of drug-likeness (QED) is 0.233. The van der Waals surface area contributed by atoms with E-state index in [1.54, 1.807) is 0 Å². The van der Waals surface area contributed by atoms with Crippen LogP contribution in [0.3, 0.4) is 0 Å². The maximum atomic E-state index is 11.0. The number of carboxylic acid groups (broad SMARTS) is 1. The van der Waals surface area contributed by atoms with E-state index in [9.17, 15) is 9.36 Å². The van der Waals surface area contributed by atoms with Gasteiger partial charge in [-0.15, -0.1) is 6.58 Å². The van der Waals surface area contributed by atoms with Gasteiger partial charge in [0.15, 0.2) is 6.29 Å². The summed E-state index contributed by atoms with van der Waals surface area (Å²) in [6.45, 7) is 3.15. The lowest BCUT2D eigenvalue weighted by molar-refractivity contribution is -0.134. The number of rotatable bonds is 8. The van der Waals surface area contributed by atoms with Gasteiger partial charge in [0.1, 0.15) is 6.16 Å². The van der Waals surface area contributed by atoms with Gasteiger partial charge in [-0.1, -0.05) is 6.08 Å². The maximum Gasteiger partial charge on any atom is 0.341 e. The molecule has 0 radical (unpaired) electrons. The third kappa shape index (κ3) is 8.29. The van der Waals surface area contributed by atoms with Crippen LogP contribution in [0.15, 0.2) is 12.7 Å². The average molecular weight is 240 g/mol. The first-order valence-corrected chi connectivity index (χ1v) is 5.72. The van der Waals surface area contributed by atoms with Gasteiger partial charge in [-0.05, 0) is 0 Å². The summed E-state index contributed by atoms with van der Waals surface area (Å²) in [7, 11) is -4.31. The summed E-state index contributed by atoms with van der Waals surface area (Å²) in [6.07, 6.45) is -1.28. The third-order valence-electron chi connectivity index (χ3n) is 1.12. The minimum atomic E-state index is -4.31. The largest absolute Gasteiger partial charge is 0.481 e. The van der Waals surface area contributed by atoms with Crippen LogP contribution in [0.2, 0.25) is 0 Å². The molecule has 0 aromatic carbocycles. The van der Waals surface area contributed by atoms with Gasteiger partial charge in [-0.3, -0.25) is 13.9 Å². The average Bonchev–Trinajstić information content (AvgIpc) is 2.00. The van der Waals surface area contributed by atoms with Crippen LogP contribution in [0.25, 0.3) is 0 Å². The molecule has 0 spiro atoms. The minimum Gasteiger partial charge on any atom is -0.481 e. The van der Waals surface area contributed by atoms with Crippen molar-refractivity contribution >= 4 is 13.6 Å². The van der Waals surface area contributed by atoms with Gasteiger partial charge in [0.05, 0.1) is 13.2 Å². The highest BCUT2D eigenvalue weighted by Gasteiger charge is 2.27. The fraction of sp³-hybridized carbons (Fsp3) is 0.571. The minimum absolute atomic E-state index is 0.148. The van der Waals surface area contributed by atoms with Gasteiger partial charge in [-0.2, -0.15) is 0 Å². The van der Waals surface area contributed by atoms with E-state index in [-0.39, 0.29) is 13.2 Å². The van der Waals surface area contributed by atoms with E-state index in [0.717, 1.165) is 0 Å². The molecule has 0 amide bonds. The molecule has 3 N–H and O–H groups in total. The zero-order chi connectivity index (χ0) is 11.9. The Morgan fingerprint density at radius 1 is 1.60 bits per heavy atom. The fourth-order valence-electron chi connectivity index (χ4n) is 0.681. The molecular weight excluding hydrogens is 227 g/mol. The van der Waals surface area contributed by atoms with Gasteiger partial charge in [0.25, 0.3) is 0 Å². The van der Waals surface area contributed by atoms with Crippen LogP contribution in [-0.2, 0) is 18.6 Å². The zero-order valence-electron chi connectivity index (χ0n) is 7.90. The van der Waals surface area contributed by atoms with Crippen molar-refractivity contribution in [3.8, 4) is 0 Å². The highest BCUT2D eigenvalue weighted by atomic mass is 31.2. The van der Waals surface area contributed by atoms with Gasteiger partial charge in [0, 0.05) is 0 Å². The zero-order valence-corrected chi connectivity index (χ0v) is 8.80. The first kappa shape index (κ1) is 14.3. The summed E-state index contributed by atoms with van der Waals surface area (Å²) < 4.78 is 19.9. The normalized spacial score (nSPS) is 16.7. The lowest BCUT2D eigenvalue weighted by Gasteiger charge is -2.15. The first-order chi connectivity index (χ1) is 6.87. The summed E-state index contributed by atoms with van der Waals surface area (Å²) in [5.41, 5.74) is 0. The monoisotopic (exact) mass is 240 g/mol. The molecule has 0 aliphatic heterocycles. The Labute approximate surface area is 86.5 Å². The molecule has 0 rings (SSSR count). The molecule has 0 aliphatic rings. The molecule has 0 bridgehead atoms. The second-order valence-electron chi connectivity index (χ2n) is 2.58. The third-order valence-corrected chi connectivity index (χ3v) is 2.36. The number of aliphatic carboxylic acids is 1. The predicted octanol–water partition coefficient (Wildman–Crippen LogP) is -0.206. The Morgan fingerprint density at radius 2 is 2.20 bits per heavy atom. The second-order valence-corrected chi connectivity index (χ2v) is 4.38. The molecule has 0 saturated carbocycles. The van der Waals surface area contributed by atoms with Crippen molar-refractivity contribution in [2.75, 3.05) is 19.4 Å². The summed E-state index contributed by atoms with van der Waals surface area (Å²) in [4.78, 5) is 19.0. The number of aliphatic hydroxyl groups excluding tert-OH is 1. The summed E-state index contributed by atoms with van der Waals surface area (Å²) >= 11 is 0. The Hall–Kier alpha value is -0.720. The molecule has 0 saturated heterocycles. The van der Waals surface area contributed by atoms with Crippen LogP contribution < -0.4 is 0 Å². The van der Waals surface area contributed by atoms with Gasteiger partial charge < -0.3 is 19.8 Å². The number of aliphatic hydroxyl groups is 1. The number of carbonyl (C=O) groups is 1. The van der Waals surface area contributed by atoms with Crippen molar-refractivity contribution in [2.45, 2.75) is 6.29 Å². The summed E-state index contributed by atoms with van der Waals surface area (Å²) in [5.74, 6) is -1.49. The van der Waals surface area contributed by atoms with Crippen LogP contribution in [-0.4, -0.2) is 46.7 Å². The summed E-state index contributed by atoms with van der Waals surface area (Å²) in [5, 5.41) is 17.3. The number of hydrogen-bond donors (Lipinski definition) is 3. The molecule has 2 unspecified atom stereocenters. The molecule has 0 aromatic rings. The summed E-state index contributed by atoms with van der Waals surface area (Å²) in [6, 6.07) is 0. The lowest BCUT2D eigenvalue weighted by atomic mass is 10.6. The van der Waals surface area contributed by atoms with Gasteiger partial charge >= 0.3 is 13.6 Å². The Bertz CT molecular complexity index is 264. The SMILES string of the molecule is C=CCOCC(O)OP(=O)(O)CC(=O)O. The Balaban J connectivity index is 3.92. The van der Waals surface area contributed by atoms with Crippen molar-refractivity contribution in [3.63, 3.8) is 0 Å². The Kier molecular flexibility index (Phi) is 6.38. The van der Waals surface area contributed by atoms with Crippen molar-refractivity contribution in [3.05, 3.63) is 12.7 Å². The standard InChI is InChI=1S/C7H13O7P/c1-2-3-13-4-7(10)14-15(11,12)5-6(8)9/h2,7,10H,1,3-5H2,(H,8,9)(H,11,12). The van der Waals surface area contributed by atoms with E-state index in [2.05, 4.69) is 11.1 Å². The number of hydrogen-bond acceptors (Lipinski definition) is 5. The second kappa shape index (κ2) is 6.71. The van der Waals surface area contributed by atoms with E-state index < -0.39 is 26.0 Å². The molecule has 7 nitrogen and oxygen atoms in total. The van der Waals surface area contributed by atoms with E-state index in [1.807, 2.05) is 0 Å². The van der Waals surface area contributed by atoms with E-state index >= 15 is 0 Å². The fourth-order valence-corrected chi connectivity index (χ4v) is 1.54. The van der Waals surface area contributed by atoms with Crippen molar-refractivity contribution in [2.24, 2.45) is 0 Å². The molecule has 2 atom stereocenters. The topological polar surface area (TPSA) is 113 Å². The van der Waals surface area contributed by atoms with Crippen LogP contribution in [0.5, 0.6) is 0 Å². The van der Waals surface area contributed by atoms with Crippen molar-refractivity contribution in [1.29, 1.82) is 0 Å². The van der Waals surface area contributed by atoms with Gasteiger partial charge in [-0.25, -0.2) is 0 Å². The lowest BCUT2D eigenvalue weighted by Crippen LogP contribution is -2.20. The maximum absolute atomic E-state index is 11.0. The van der Waals surface area contributed by atoms with Crippen LogP contribution in [0.4, 0.5) is 0 Å².